The second-order valence-corrected chi connectivity index (χ2v) is 6.89. The maximum absolute atomic E-state index is 12.6. The number of fused-ring (bicyclic) bond motifs is 1. The Kier molecular flexibility index (Phi) is 4.53. The Bertz CT molecular complexity index is 458. The van der Waals surface area contributed by atoms with Crippen molar-refractivity contribution in [3.05, 3.63) is 22.8 Å². The van der Waals surface area contributed by atoms with Crippen molar-refractivity contribution in [2.75, 3.05) is 0 Å². The first-order valence-electron chi connectivity index (χ1n) is 8.03. The highest BCUT2D eigenvalue weighted by molar-refractivity contribution is 6.09. The van der Waals surface area contributed by atoms with Crippen LogP contribution in [-0.4, -0.2) is 17.0 Å². The molecule has 0 bridgehead atoms. The van der Waals surface area contributed by atoms with E-state index in [0.29, 0.717) is 12.3 Å². The molecule has 20 heavy (non-hydrogen) atoms. The van der Waals surface area contributed by atoms with E-state index in [4.69, 9.17) is 0 Å². The number of rotatable bonds is 3. The molecule has 2 nitrogen and oxygen atoms in total. The molecule has 0 spiro atoms. The number of Topliss-reactive ketones (excluding diaryl/α,β-unsaturated/α-hetero) is 1. The van der Waals surface area contributed by atoms with E-state index in [0.717, 1.165) is 43.3 Å². The smallest absolute Gasteiger partial charge is 0.184 e. The van der Waals surface area contributed by atoms with Gasteiger partial charge in [-0.3, -0.25) is 4.79 Å². The van der Waals surface area contributed by atoms with Crippen LogP contribution in [0.5, 0.6) is 0 Å². The first-order valence-corrected chi connectivity index (χ1v) is 8.03. The minimum Gasteiger partial charge on any atom is -0.392 e. The van der Waals surface area contributed by atoms with Crippen LogP contribution < -0.4 is 0 Å². The summed E-state index contributed by atoms with van der Waals surface area (Å²) in [7, 11) is 0. The van der Waals surface area contributed by atoms with Gasteiger partial charge in [0.1, 0.15) is 0 Å². The summed E-state index contributed by atoms with van der Waals surface area (Å²) in [6.45, 7) is 8.44. The third-order valence-electron chi connectivity index (χ3n) is 5.20. The Morgan fingerprint density at radius 2 is 2.20 bits per heavy atom. The first kappa shape index (κ1) is 15.5. The lowest BCUT2D eigenvalue weighted by atomic mass is 9.61. The second-order valence-electron chi connectivity index (χ2n) is 6.89. The van der Waals surface area contributed by atoms with E-state index < -0.39 is 0 Å². The Hall–Kier alpha value is -0.890. The number of aliphatic hydroxyl groups excluding tert-OH is 1. The fourth-order valence-electron chi connectivity index (χ4n) is 3.99. The number of hydrogen-bond donors (Lipinski definition) is 1. The molecule has 2 rings (SSSR count). The summed E-state index contributed by atoms with van der Waals surface area (Å²) >= 11 is 0. The van der Waals surface area contributed by atoms with Gasteiger partial charge in [0, 0.05) is 5.41 Å². The molecule has 0 heterocycles. The zero-order chi connectivity index (χ0) is 14.9. The number of aliphatic hydroxyl groups is 1. The van der Waals surface area contributed by atoms with Crippen LogP contribution in [0.25, 0.3) is 0 Å². The van der Waals surface area contributed by atoms with Crippen LogP contribution in [0.3, 0.4) is 0 Å². The molecule has 112 valence electrons. The monoisotopic (exact) mass is 276 g/mol. The molecular weight excluding hydrogens is 248 g/mol. The minimum absolute atomic E-state index is 0.214. The maximum Gasteiger partial charge on any atom is 0.184 e. The van der Waals surface area contributed by atoms with E-state index >= 15 is 0 Å². The number of allylic oxidation sites excluding steroid dienone is 3. The molecule has 0 saturated heterocycles. The summed E-state index contributed by atoms with van der Waals surface area (Å²) in [5.41, 5.74) is 2.82. The molecule has 2 heteroatoms. The Morgan fingerprint density at radius 3 is 2.85 bits per heavy atom. The normalized spacial score (nSPS) is 34.4. The Balaban J connectivity index is 2.37. The van der Waals surface area contributed by atoms with Gasteiger partial charge in [0.25, 0.3) is 0 Å². The van der Waals surface area contributed by atoms with Gasteiger partial charge in [-0.1, -0.05) is 38.8 Å². The van der Waals surface area contributed by atoms with Crippen LogP contribution in [0.4, 0.5) is 0 Å². The van der Waals surface area contributed by atoms with Gasteiger partial charge in [-0.15, -0.1) is 0 Å². The largest absolute Gasteiger partial charge is 0.392 e. The molecule has 2 aliphatic carbocycles. The molecule has 0 aromatic rings. The molecule has 1 N–H and O–H groups in total. The third-order valence-corrected chi connectivity index (χ3v) is 5.20. The second kappa shape index (κ2) is 5.85. The fraction of sp³-hybridized carbons (Fsp3) is 0.722. The highest BCUT2D eigenvalue weighted by Crippen LogP contribution is 2.50. The van der Waals surface area contributed by atoms with E-state index in [1.807, 2.05) is 6.92 Å². The van der Waals surface area contributed by atoms with Crippen LogP contribution >= 0.6 is 0 Å². The predicted octanol–water partition coefficient (Wildman–Crippen LogP) is 4.19. The average molecular weight is 276 g/mol. The van der Waals surface area contributed by atoms with Crippen molar-refractivity contribution in [1.82, 2.24) is 0 Å². The van der Waals surface area contributed by atoms with Crippen molar-refractivity contribution >= 4 is 5.78 Å². The van der Waals surface area contributed by atoms with E-state index in [1.165, 1.54) is 5.57 Å². The molecule has 3 atom stereocenters. The van der Waals surface area contributed by atoms with Gasteiger partial charge in [0.15, 0.2) is 5.78 Å². The molecule has 0 aromatic heterocycles. The Morgan fingerprint density at radius 1 is 1.50 bits per heavy atom. The molecule has 1 saturated carbocycles. The average Bonchev–Trinajstić information content (AvgIpc) is 2.38. The van der Waals surface area contributed by atoms with Crippen molar-refractivity contribution in [2.45, 2.75) is 72.3 Å². The van der Waals surface area contributed by atoms with Crippen LogP contribution in [0.15, 0.2) is 22.8 Å². The van der Waals surface area contributed by atoms with E-state index in [2.05, 4.69) is 26.8 Å². The summed E-state index contributed by atoms with van der Waals surface area (Å²) < 4.78 is 0. The summed E-state index contributed by atoms with van der Waals surface area (Å²) in [5, 5.41) is 10.5. The van der Waals surface area contributed by atoms with Crippen molar-refractivity contribution in [3.8, 4) is 0 Å². The van der Waals surface area contributed by atoms with Crippen LogP contribution in [0.2, 0.25) is 0 Å². The summed E-state index contributed by atoms with van der Waals surface area (Å²) in [5.74, 6) is 0.659. The van der Waals surface area contributed by atoms with Crippen molar-refractivity contribution < 1.29 is 9.90 Å². The van der Waals surface area contributed by atoms with Gasteiger partial charge in [-0.25, -0.2) is 0 Å². The lowest BCUT2D eigenvalue weighted by Gasteiger charge is -2.45. The fourth-order valence-corrected chi connectivity index (χ4v) is 3.99. The molecule has 0 radical (unpaired) electrons. The zero-order valence-electron chi connectivity index (χ0n) is 13.3. The van der Waals surface area contributed by atoms with E-state index in [-0.39, 0.29) is 17.3 Å². The maximum atomic E-state index is 12.6. The van der Waals surface area contributed by atoms with Crippen LogP contribution in [-0.2, 0) is 4.79 Å². The topological polar surface area (TPSA) is 37.3 Å². The lowest BCUT2D eigenvalue weighted by Crippen LogP contribution is -2.42. The van der Waals surface area contributed by atoms with Gasteiger partial charge >= 0.3 is 0 Å². The summed E-state index contributed by atoms with van der Waals surface area (Å²) in [4.78, 5) is 12.6. The van der Waals surface area contributed by atoms with E-state index in [1.54, 1.807) is 0 Å². The van der Waals surface area contributed by atoms with Gasteiger partial charge in [-0.05, 0) is 56.1 Å². The predicted molar refractivity (Wildman–Crippen MR) is 82.4 cm³/mol. The number of carbonyl (C=O) groups excluding carboxylic acids is 1. The van der Waals surface area contributed by atoms with Crippen LogP contribution in [0, 0.1) is 11.3 Å². The third kappa shape index (κ3) is 2.63. The van der Waals surface area contributed by atoms with Gasteiger partial charge in [-0.2, -0.15) is 0 Å². The van der Waals surface area contributed by atoms with Crippen LogP contribution in [0.1, 0.15) is 66.2 Å². The zero-order valence-corrected chi connectivity index (χ0v) is 13.3. The highest BCUT2D eigenvalue weighted by Gasteiger charge is 2.45. The molecule has 0 aliphatic heterocycles. The molecule has 1 fully saturated rings. The van der Waals surface area contributed by atoms with E-state index in [9.17, 15) is 9.90 Å². The molecule has 1 unspecified atom stereocenters. The molecule has 0 amide bonds. The number of ketones is 1. The van der Waals surface area contributed by atoms with Crippen molar-refractivity contribution in [2.24, 2.45) is 11.3 Å². The SMILES string of the molecule is CCCC(C)C=C1C[C@@]2(C)C(=C(C)C1=O)CCC[C@@H]2O. The molecule has 2 aliphatic rings. The highest BCUT2D eigenvalue weighted by atomic mass is 16.3. The molecule has 0 aromatic carbocycles. The lowest BCUT2D eigenvalue weighted by molar-refractivity contribution is -0.113. The van der Waals surface area contributed by atoms with Gasteiger partial charge < -0.3 is 5.11 Å². The van der Waals surface area contributed by atoms with Crippen molar-refractivity contribution in [1.29, 1.82) is 0 Å². The number of carbonyl (C=O) groups is 1. The molecular formula is C18H28O2. The number of hydrogen-bond acceptors (Lipinski definition) is 2. The standard InChI is InChI=1S/C18H28O2/c1-5-7-12(2)10-14-11-18(4)15(13(3)17(14)20)8-6-9-16(18)19/h10,12,16,19H,5-9,11H2,1-4H3/t12?,16-,18-/m0/s1. The summed E-state index contributed by atoms with van der Waals surface area (Å²) in [6, 6.07) is 0. The Labute approximate surface area is 123 Å². The minimum atomic E-state index is -0.306. The first-order chi connectivity index (χ1) is 9.40. The van der Waals surface area contributed by atoms with Crippen molar-refractivity contribution in [3.63, 3.8) is 0 Å². The quantitative estimate of drug-likeness (QED) is 0.785. The van der Waals surface area contributed by atoms with Gasteiger partial charge in [0.05, 0.1) is 6.10 Å². The van der Waals surface area contributed by atoms with Gasteiger partial charge in [0.2, 0.25) is 0 Å². The summed E-state index contributed by atoms with van der Waals surface area (Å²) in [6.07, 6.45) is 7.65.